The highest BCUT2D eigenvalue weighted by Gasteiger charge is 2.35. The Morgan fingerprint density at radius 2 is 2.02 bits per heavy atom. The van der Waals surface area contributed by atoms with Gasteiger partial charge in [-0.05, 0) is 99.9 Å². The second-order valence-electron chi connectivity index (χ2n) is 14.0. The Balaban J connectivity index is 1.13. The van der Waals surface area contributed by atoms with Gasteiger partial charge in [-0.25, -0.2) is 4.98 Å². The molecule has 2 fully saturated rings. The number of carbonyl (C=O) groups is 1. The van der Waals surface area contributed by atoms with Gasteiger partial charge in [0, 0.05) is 37.9 Å². The lowest BCUT2D eigenvalue weighted by molar-refractivity contribution is -0.156. The van der Waals surface area contributed by atoms with Gasteiger partial charge in [0.2, 0.25) is 0 Å². The van der Waals surface area contributed by atoms with Crippen molar-refractivity contribution in [1.29, 1.82) is 0 Å². The number of aryl methyl sites for hydroxylation is 2. The quantitative estimate of drug-likeness (QED) is 0.142. The van der Waals surface area contributed by atoms with E-state index in [0.29, 0.717) is 12.5 Å². The molecule has 0 aliphatic carbocycles. The van der Waals surface area contributed by atoms with E-state index in [4.69, 9.17) is 19.2 Å². The molecule has 2 N–H and O–H groups in total. The number of unbranched alkanes of at least 4 members (excludes halogenated alkanes) is 1. The predicted molar refractivity (Wildman–Crippen MR) is 175 cm³/mol. The monoisotopic (exact) mass is 655 g/mol. The first-order valence-electron chi connectivity index (χ1n) is 16.2. The summed E-state index contributed by atoms with van der Waals surface area (Å²) in [5, 5.41) is 7.01. The first kappa shape index (κ1) is 32.4. The van der Waals surface area contributed by atoms with E-state index in [-0.39, 0.29) is 23.5 Å². The fourth-order valence-corrected chi connectivity index (χ4v) is 7.14. The van der Waals surface area contributed by atoms with Crippen LogP contribution < -0.4 is 10.6 Å². The largest absolute Gasteiger partial charge is 0.458 e. The zero-order chi connectivity index (χ0) is 30.5. The van der Waals surface area contributed by atoms with Crippen LogP contribution >= 0.6 is 15.9 Å². The van der Waals surface area contributed by atoms with E-state index < -0.39 is 10.4 Å². The Morgan fingerprint density at radius 1 is 1.19 bits per heavy atom. The van der Waals surface area contributed by atoms with Crippen LogP contribution in [0.5, 0.6) is 0 Å². The summed E-state index contributed by atoms with van der Waals surface area (Å²) in [6, 6.07) is 12.7. The van der Waals surface area contributed by atoms with Crippen molar-refractivity contribution in [3.05, 3.63) is 58.8 Å². The molecule has 2 aromatic rings. The molecule has 4 heterocycles. The second kappa shape index (κ2) is 14.4. The number of alkyl halides is 1. The number of fused-ring (bicyclic) bond motifs is 1. The fourth-order valence-electron chi connectivity index (χ4n) is 6.63. The third-order valence-electron chi connectivity index (χ3n) is 9.11. The summed E-state index contributed by atoms with van der Waals surface area (Å²) < 4.78 is 18.3. The molecule has 0 bridgehead atoms. The number of hydrogen-bond donors (Lipinski definition) is 2. The molecule has 3 aliphatic rings. The zero-order valence-corrected chi connectivity index (χ0v) is 28.0. The van der Waals surface area contributed by atoms with Crippen LogP contribution in [0.15, 0.2) is 36.4 Å². The molecular weight excluding hydrogens is 606 g/mol. The summed E-state index contributed by atoms with van der Waals surface area (Å²) in [5.41, 5.74) is 3.95. The lowest BCUT2D eigenvalue weighted by Gasteiger charge is -2.37. The van der Waals surface area contributed by atoms with Crippen LogP contribution in [0, 0.1) is 5.41 Å². The van der Waals surface area contributed by atoms with Crippen molar-refractivity contribution < 1.29 is 19.0 Å². The Hall–Kier alpha value is -2.00. The van der Waals surface area contributed by atoms with Crippen molar-refractivity contribution in [2.45, 2.75) is 114 Å². The van der Waals surface area contributed by atoms with Crippen molar-refractivity contribution in [3.63, 3.8) is 0 Å². The van der Waals surface area contributed by atoms with Gasteiger partial charge in [0.25, 0.3) is 0 Å². The standard InChI is InChI=1S/C35H50BrN3O4/c1-34(2)17-20-42-30(22-34)28-10-5-6-11-29(28)31(36)33(40)43-35(3,4)21-26-15-13-24-12-14-25(38-32(24)39-26)9-7-8-19-41-27-16-18-37-23-27/h5-6,10-12,14,26-27,30-31,37H,7-9,13,15-23H2,1-4H3,(H,38,39)/t26?,27-,30?,31?/m1/s1. The maximum Gasteiger partial charge on any atom is 0.324 e. The molecule has 4 atom stereocenters. The highest BCUT2D eigenvalue weighted by Crippen LogP contribution is 2.43. The van der Waals surface area contributed by atoms with Gasteiger partial charge in [0.1, 0.15) is 16.2 Å². The molecule has 7 nitrogen and oxygen atoms in total. The molecule has 0 amide bonds. The van der Waals surface area contributed by atoms with Crippen LogP contribution in [-0.2, 0) is 31.8 Å². The summed E-state index contributed by atoms with van der Waals surface area (Å²) in [6.07, 6.45) is 9.19. The summed E-state index contributed by atoms with van der Waals surface area (Å²) in [5.74, 6) is 0.712. The number of esters is 1. The first-order chi connectivity index (χ1) is 20.6. The Kier molecular flexibility index (Phi) is 10.8. The minimum Gasteiger partial charge on any atom is -0.458 e. The van der Waals surface area contributed by atoms with Gasteiger partial charge in [0.15, 0.2) is 0 Å². The van der Waals surface area contributed by atoms with Gasteiger partial charge in [-0.1, -0.05) is 60.1 Å². The number of ether oxygens (including phenoxy) is 3. The summed E-state index contributed by atoms with van der Waals surface area (Å²) in [4.78, 5) is 17.9. The second-order valence-corrected chi connectivity index (χ2v) is 14.9. The van der Waals surface area contributed by atoms with Crippen molar-refractivity contribution >= 4 is 27.7 Å². The van der Waals surface area contributed by atoms with Crippen LogP contribution in [-0.4, -0.2) is 55.0 Å². The van der Waals surface area contributed by atoms with Crippen molar-refractivity contribution in [3.8, 4) is 0 Å². The highest BCUT2D eigenvalue weighted by atomic mass is 79.9. The molecule has 3 unspecified atom stereocenters. The van der Waals surface area contributed by atoms with Crippen LogP contribution in [0.3, 0.4) is 0 Å². The van der Waals surface area contributed by atoms with Gasteiger partial charge in [-0.2, -0.15) is 0 Å². The Bertz CT molecular complexity index is 1230. The summed E-state index contributed by atoms with van der Waals surface area (Å²) in [6.45, 7) is 12.2. The number of aromatic nitrogens is 1. The average molecular weight is 657 g/mol. The third-order valence-corrected chi connectivity index (χ3v) is 9.98. The highest BCUT2D eigenvalue weighted by molar-refractivity contribution is 9.09. The van der Waals surface area contributed by atoms with Crippen molar-refractivity contribution in [2.24, 2.45) is 5.41 Å². The molecule has 8 heteroatoms. The summed E-state index contributed by atoms with van der Waals surface area (Å²) >= 11 is 3.69. The normalized spacial score (nSPS) is 24.2. The SMILES string of the molecule is CC1(C)CCOC(c2ccccc2C(Br)C(=O)OC(C)(C)CC2CCc3ccc(CCCCO[C@@H]4CCNC4)nc3N2)C1. The molecule has 1 aromatic carbocycles. The Morgan fingerprint density at radius 3 is 2.81 bits per heavy atom. The van der Waals surface area contributed by atoms with Crippen LogP contribution in [0.2, 0.25) is 0 Å². The first-order valence-corrected chi connectivity index (χ1v) is 17.2. The maximum atomic E-state index is 13.5. The topological polar surface area (TPSA) is 81.7 Å². The van der Waals surface area contributed by atoms with E-state index >= 15 is 0 Å². The molecule has 1 aromatic heterocycles. The number of nitrogens with one attached hydrogen (secondary N) is 2. The number of rotatable bonds is 12. The predicted octanol–water partition coefficient (Wildman–Crippen LogP) is 7.24. The zero-order valence-electron chi connectivity index (χ0n) is 26.4. The van der Waals surface area contributed by atoms with E-state index in [2.05, 4.69) is 58.6 Å². The van der Waals surface area contributed by atoms with Gasteiger partial charge >= 0.3 is 5.97 Å². The number of carbonyl (C=O) groups excluding carboxylic acids is 1. The van der Waals surface area contributed by atoms with Crippen LogP contribution in [0.4, 0.5) is 5.82 Å². The molecular formula is C35H50BrN3O4. The number of nitrogens with zero attached hydrogens (tertiary/aromatic N) is 1. The maximum absolute atomic E-state index is 13.5. The van der Waals surface area contributed by atoms with Gasteiger partial charge in [0.05, 0.1) is 12.2 Å². The molecule has 0 spiro atoms. The van der Waals surface area contributed by atoms with Crippen molar-refractivity contribution in [1.82, 2.24) is 10.3 Å². The average Bonchev–Trinajstić information content (AvgIpc) is 3.49. The van der Waals surface area contributed by atoms with Gasteiger partial charge in [-0.15, -0.1) is 0 Å². The number of hydrogen-bond acceptors (Lipinski definition) is 7. The van der Waals surface area contributed by atoms with E-state index in [9.17, 15) is 4.79 Å². The van der Waals surface area contributed by atoms with Gasteiger partial charge < -0.3 is 24.8 Å². The number of benzene rings is 1. The Labute approximate surface area is 266 Å². The molecule has 236 valence electrons. The van der Waals surface area contributed by atoms with E-state index in [1.165, 1.54) is 5.56 Å². The smallest absolute Gasteiger partial charge is 0.324 e. The number of pyridine rings is 1. The minimum atomic E-state index is -0.636. The fraction of sp³-hybridized carbons (Fsp3) is 0.657. The minimum absolute atomic E-state index is 0.0208. The lowest BCUT2D eigenvalue weighted by Crippen LogP contribution is -2.38. The van der Waals surface area contributed by atoms with Crippen LogP contribution in [0.1, 0.15) is 106 Å². The van der Waals surface area contributed by atoms with E-state index in [1.54, 1.807) is 0 Å². The number of halogens is 1. The number of anilines is 1. The lowest BCUT2D eigenvalue weighted by atomic mass is 9.79. The molecule has 5 rings (SSSR count). The molecule has 3 aliphatic heterocycles. The molecule has 43 heavy (non-hydrogen) atoms. The van der Waals surface area contributed by atoms with Crippen LogP contribution in [0.25, 0.3) is 0 Å². The van der Waals surface area contributed by atoms with E-state index in [0.717, 1.165) is 100 Å². The summed E-state index contributed by atoms with van der Waals surface area (Å²) in [7, 11) is 0. The molecule has 2 saturated heterocycles. The van der Waals surface area contributed by atoms with Crippen molar-refractivity contribution in [2.75, 3.05) is 31.6 Å². The molecule has 0 saturated carbocycles. The van der Waals surface area contributed by atoms with E-state index in [1.807, 2.05) is 32.0 Å². The third kappa shape index (κ3) is 9.03. The molecule has 0 radical (unpaired) electrons. The van der Waals surface area contributed by atoms with Gasteiger partial charge in [-0.3, -0.25) is 4.79 Å².